The van der Waals surface area contributed by atoms with E-state index in [0.717, 1.165) is 27.7 Å². The summed E-state index contributed by atoms with van der Waals surface area (Å²) in [5, 5.41) is 251. The van der Waals surface area contributed by atoms with Gasteiger partial charge in [-0.25, -0.2) is 0 Å². The molecular formula is C56H96N4O40. The van der Waals surface area contributed by atoms with Crippen molar-refractivity contribution in [3.05, 3.63) is 0 Å². The van der Waals surface area contributed by atoms with Crippen LogP contribution >= 0.6 is 0 Å². The first-order chi connectivity index (χ1) is 47.2. The van der Waals surface area contributed by atoms with Gasteiger partial charge >= 0.3 is 0 Å². The van der Waals surface area contributed by atoms with Crippen LogP contribution in [0, 0.1) is 0 Å². The number of rotatable bonds is 29. The molecule has 0 aromatic heterocycles. The molecule has 7 heterocycles. The quantitative estimate of drug-likeness (QED) is 0.0331. The van der Waals surface area contributed by atoms with Crippen molar-refractivity contribution in [3.63, 3.8) is 0 Å². The zero-order valence-corrected chi connectivity index (χ0v) is 54.4. The Balaban J connectivity index is 1.28. The number of aliphatic hydroxyl groups excluding tert-OH is 22. The van der Waals surface area contributed by atoms with Gasteiger partial charge in [-0.1, -0.05) is 0 Å². The average molecular weight is 1470 g/mol. The molecular weight excluding hydrogens is 1370 g/mol. The Kier molecular flexibility index (Phi) is 31.1. The fourth-order valence-electron chi connectivity index (χ4n) is 12.5. The van der Waals surface area contributed by atoms with Crippen molar-refractivity contribution in [1.29, 1.82) is 0 Å². The molecule has 7 aliphatic rings. The fourth-order valence-corrected chi connectivity index (χ4v) is 12.5. The zero-order chi connectivity index (χ0) is 74.2. The van der Waals surface area contributed by atoms with Gasteiger partial charge in [0.05, 0.1) is 65.0 Å². The largest absolute Gasteiger partial charge is 0.394 e. The van der Waals surface area contributed by atoms with Crippen molar-refractivity contribution in [2.24, 2.45) is 0 Å². The highest BCUT2D eigenvalue weighted by atomic mass is 16.8. The van der Waals surface area contributed by atoms with E-state index >= 15 is 0 Å². The highest BCUT2D eigenvalue weighted by molar-refractivity contribution is 5.74. The minimum Gasteiger partial charge on any atom is -0.394 e. The second-order valence-corrected chi connectivity index (χ2v) is 25.1. The molecule has 100 heavy (non-hydrogen) atoms. The lowest BCUT2D eigenvalue weighted by Crippen LogP contribution is -2.72. The Morgan fingerprint density at radius 1 is 0.360 bits per heavy atom. The molecule has 7 saturated heterocycles. The monoisotopic (exact) mass is 1460 g/mol. The van der Waals surface area contributed by atoms with E-state index in [1.807, 2.05) is 0 Å². The van der Waals surface area contributed by atoms with Crippen molar-refractivity contribution in [1.82, 2.24) is 21.3 Å². The van der Waals surface area contributed by atoms with Crippen LogP contribution < -0.4 is 21.3 Å². The van der Waals surface area contributed by atoms with E-state index in [-0.39, 0.29) is 0 Å². The maximum Gasteiger partial charge on any atom is 0.217 e. The molecule has 7 fully saturated rings. The summed E-state index contributed by atoms with van der Waals surface area (Å²) in [5.74, 6) is -3.54. The second kappa shape index (κ2) is 37.1. The Bertz CT molecular complexity index is 2570. The molecule has 0 unspecified atom stereocenters. The number of carbonyl (C=O) groups is 4. The third kappa shape index (κ3) is 19.2. The molecule has 26 N–H and O–H groups in total. The van der Waals surface area contributed by atoms with Crippen LogP contribution in [0.1, 0.15) is 34.6 Å². The van der Waals surface area contributed by atoms with Crippen molar-refractivity contribution >= 4 is 23.6 Å². The van der Waals surface area contributed by atoms with E-state index in [0.29, 0.717) is 0 Å². The lowest BCUT2D eigenvalue weighted by atomic mass is 9.93. The van der Waals surface area contributed by atoms with Crippen LogP contribution in [0.15, 0.2) is 0 Å². The Morgan fingerprint density at radius 3 is 1.33 bits per heavy atom. The van der Waals surface area contributed by atoms with Gasteiger partial charge in [0.1, 0.15) is 183 Å². The summed E-state index contributed by atoms with van der Waals surface area (Å²) in [6.07, 6.45) is -72.0. The average Bonchev–Trinajstić information content (AvgIpc) is 0.764. The summed E-state index contributed by atoms with van der Waals surface area (Å²) in [5.41, 5.74) is 0. The Labute approximate surface area is 568 Å². The van der Waals surface area contributed by atoms with Crippen LogP contribution in [0.2, 0.25) is 0 Å². The van der Waals surface area contributed by atoms with E-state index in [4.69, 9.17) is 66.3 Å². The molecule has 44 heteroatoms. The van der Waals surface area contributed by atoms with Crippen LogP contribution in [0.4, 0.5) is 0 Å². The molecule has 7 aliphatic heterocycles. The Morgan fingerprint density at radius 2 is 0.780 bits per heavy atom. The number of nitrogens with one attached hydrogen (secondary N) is 4. The van der Waals surface area contributed by atoms with Crippen molar-refractivity contribution < 1.29 is 198 Å². The third-order valence-electron chi connectivity index (χ3n) is 17.9. The van der Waals surface area contributed by atoms with E-state index in [1.165, 1.54) is 6.92 Å². The number of ether oxygens (including phenoxy) is 14. The highest BCUT2D eigenvalue weighted by Gasteiger charge is 2.60. The molecule has 0 radical (unpaired) electrons. The lowest BCUT2D eigenvalue weighted by Gasteiger charge is -2.52. The van der Waals surface area contributed by atoms with Crippen LogP contribution in [-0.2, 0) is 85.5 Å². The number of aliphatic hydroxyl groups is 22. The predicted octanol–water partition coefficient (Wildman–Crippen LogP) is -17.2. The summed E-state index contributed by atoms with van der Waals surface area (Å²) in [4.78, 5) is 50.7. The van der Waals surface area contributed by atoms with Gasteiger partial charge in [0.25, 0.3) is 0 Å². The van der Waals surface area contributed by atoms with E-state index in [1.54, 1.807) is 0 Å². The van der Waals surface area contributed by atoms with Crippen molar-refractivity contribution in [3.8, 4) is 0 Å². The summed E-state index contributed by atoms with van der Waals surface area (Å²) >= 11 is 0. The molecule has 0 saturated carbocycles. The van der Waals surface area contributed by atoms with Gasteiger partial charge in [0.2, 0.25) is 23.6 Å². The maximum absolute atomic E-state index is 13.4. The zero-order valence-electron chi connectivity index (χ0n) is 54.4. The van der Waals surface area contributed by atoms with Gasteiger partial charge in [-0.3, -0.25) is 19.2 Å². The van der Waals surface area contributed by atoms with Crippen molar-refractivity contribution in [2.75, 3.05) is 52.9 Å². The van der Waals surface area contributed by atoms with E-state index < -0.39 is 316 Å². The first kappa shape index (κ1) is 83.7. The molecule has 0 aromatic carbocycles. The predicted molar refractivity (Wildman–Crippen MR) is 312 cm³/mol. The molecule has 39 atom stereocenters. The molecule has 4 amide bonds. The highest BCUT2D eigenvalue weighted by Crippen LogP contribution is 2.39. The van der Waals surface area contributed by atoms with Gasteiger partial charge in [-0.2, -0.15) is 0 Å². The molecule has 0 spiro atoms. The van der Waals surface area contributed by atoms with Crippen LogP contribution in [0.5, 0.6) is 0 Å². The molecule has 7 rings (SSSR count). The second-order valence-electron chi connectivity index (χ2n) is 25.1. The molecule has 44 nitrogen and oxygen atoms in total. The summed E-state index contributed by atoms with van der Waals surface area (Å²) in [7, 11) is 0. The third-order valence-corrected chi connectivity index (χ3v) is 17.9. The first-order valence-electron chi connectivity index (χ1n) is 31.9. The standard InChI is InChI=1S/C56H96N4O40/c1-14-30(73)38(81)42(85)54(88-14)98-47-29(60-18(5)71)52(93-25(12-67)46(47)97-50-27(58-16(3)69)36(79)32(75)21(8-63)89-50)100-49-40(83)34(77)23(10-65)91-56(49)99-48-35(78)26(13-87-53-41(84)39(82)33(76)22(9-64)90-53)94-55(43(48)86)96-45-24(11-66)92-51(28(37(45)80)59-17(4)70)95-44(20(72)7-62)31(74)19(6-61)57-15(2)68/h14,19-56,61-67,72-86H,6-13H2,1-5H3,(H,57,68)(H,58,69)(H,59,70)(H,60,71)/t14-,19-,20+,21+,22+,23+,24+,25+,26+,27+,28+,29+,30+,31+,32-,33+,34+,35+,36+,37+,38+,39-,40-,41-,42-,43-,44+,45+,46+,47+,48-,49-,50-,51-,52-,53-,54-,55-,56+/m0/s1. The van der Waals surface area contributed by atoms with Gasteiger partial charge in [-0.05, 0) is 6.92 Å². The van der Waals surface area contributed by atoms with Gasteiger partial charge in [0, 0.05) is 27.7 Å². The SMILES string of the molecule is CC(=O)N[C@H]1[C@H](O[C@@H]([C@H](O)[C@H](CO)NC(C)=O)[C@H](O)CO)O[C@H](CO)[C@@H](O[C@@H]2O[C@H](CO[C@H]3O[C@H](CO)[C@@H](O)[C@H](O)[C@@H]3O)[C@@H](O)[C@H](O[C@H]3O[C@H](CO)[C@@H](O)[C@H](O)[C@@H]3O[C@@H]3O[C@H](CO)[C@@H](O[C@@H]4O[C@H](CO)[C@H](O)[C@H](O)[C@H]4NC(C)=O)[C@H](O[C@@H]4O[C@@H](C)[C@@H](O)[C@@H](O)[C@@H]4O)[C@H]3NC(C)=O)[C@@H]2O)[C@@H]1O. The normalized spacial score (nSPS) is 45.4. The van der Waals surface area contributed by atoms with Crippen LogP contribution in [0.3, 0.4) is 0 Å². The topological polar surface area (TPSA) is 691 Å². The van der Waals surface area contributed by atoms with Gasteiger partial charge in [-0.15, -0.1) is 0 Å². The number of amides is 4. The molecule has 0 aromatic rings. The van der Waals surface area contributed by atoms with E-state index in [9.17, 15) is 132 Å². The smallest absolute Gasteiger partial charge is 0.217 e. The fraction of sp³-hybridized carbons (Fsp3) is 0.929. The molecule has 580 valence electrons. The van der Waals surface area contributed by atoms with Crippen LogP contribution in [0.25, 0.3) is 0 Å². The molecule has 0 bridgehead atoms. The maximum atomic E-state index is 13.4. The molecule has 0 aliphatic carbocycles. The van der Waals surface area contributed by atoms with Gasteiger partial charge in [0.15, 0.2) is 44.0 Å². The summed E-state index contributed by atoms with van der Waals surface area (Å²) in [6, 6.07) is -7.25. The lowest BCUT2D eigenvalue weighted by molar-refractivity contribution is -0.400. The number of hydrogen-bond donors (Lipinski definition) is 26. The van der Waals surface area contributed by atoms with Gasteiger partial charge < -0.3 is 200 Å². The minimum atomic E-state index is -2.51. The Hall–Kier alpha value is -3.56. The first-order valence-corrected chi connectivity index (χ1v) is 31.9. The summed E-state index contributed by atoms with van der Waals surface area (Å²) in [6.45, 7) is -3.52. The minimum absolute atomic E-state index is 0.785. The van der Waals surface area contributed by atoms with E-state index in [2.05, 4.69) is 21.3 Å². The van der Waals surface area contributed by atoms with Crippen LogP contribution in [-0.4, -0.2) is 428 Å². The number of carbonyl (C=O) groups excluding carboxylic acids is 4. The summed E-state index contributed by atoms with van der Waals surface area (Å²) < 4.78 is 83.9. The number of hydrogen-bond acceptors (Lipinski definition) is 40. The van der Waals surface area contributed by atoms with Crippen molar-refractivity contribution in [2.45, 2.75) is 274 Å².